The minimum absolute atomic E-state index is 0.246. The number of aliphatic hydroxyl groups excluding tert-OH is 1. The monoisotopic (exact) mass is 573 g/mol. The Bertz CT molecular complexity index is 1390. The Morgan fingerprint density at radius 2 is 1.57 bits per heavy atom. The van der Waals surface area contributed by atoms with Gasteiger partial charge in [0.2, 0.25) is 0 Å². The van der Waals surface area contributed by atoms with Crippen LogP contribution in [0.15, 0.2) is 82.1 Å². The average Bonchev–Trinajstić information content (AvgIpc) is 3.10. The Hall–Kier alpha value is -3.08. The number of aliphatic hydroxyl groups is 1. The number of anilines is 2. The zero-order chi connectivity index (χ0) is 28.3. The number of nitrogens with one attached hydrogen (secondary N) is 1. The van der Waals surface area contributed by atoms with Crippen LogP contribution in [0.1, 0.15) is 43.7 Å². The van der Waals surface area contributed by atoms with Crippen LogP contribution in [-0.4, -0.2) is 40.4 Å². The first kappa shape index (κ1) is 28.4. The van der Waals surface area contributed by atoms with E-state index in [9.17, 15) is 22.5 Å². The van der Waals surface area contributed by atoms with Gasteiger partial charge in [0.25, 0.3) is 0 Å². The van der Waals surface area contributed by atoms with E-state index in [2.05, 4.69) is 43.0 Å². The number of para-hydroxylation sites is 2. The van der Waals surface area contributed by atoms with E-state index < -0.39 is 34.2 Å². The van der Waals surface area contributed by atoms with E-state index in [1.165, 1.54) is 23.3 Å². The van der Waals surface area contributed by atoms with Crippen LogP contribution in [0.25, 0.3) is 0 Å². The van der Waals surface area contributed by atoms with Crippen molar-refractivity contribution in [3.05, 3.63) is 83.9 Å². The second kappa shape index (κ2) is 11.8. The molecule has 4 atom stereocenters. The molecule has 0 amide bonds. The van der Waals surface area contributed by atoms with Gasteiger partial charge in [-0.1, -0.05) is 43.3 Å². The summed E-state index contributed by atoms with van der Waals surface area (Å²) in [5.41, 5.74) is 4.55. The fourth-order valence-electron chi connectivity index (χ4n) is 5.67. The summed E-state index contributed by atoms with van der Waals surface area (Å²) in [5, 5.41) is 11.8. The van der Waals surface area contributed by atoms with Crippen molar-refractivity contribution < 1.29 is 27.2 Å². The summed E-state index contributed by atoms with van der Waals surface area (Å²) >= 11 is 0. The summed E-state index contributed by atoms with van der Waals surface area (Å²) in [5.74, 6) is -0.398. The fourth-order valence-corrected chi connectivity index (χ4v) is 7.64. The zero-order valence-electron chi connectivity index (χ0n) is 22.3. The van der Waals surface area contributed by atoms with Gasteiger partial charge in [-0.15, -0.1) is 13.2 Å². The molecule has 214 valence electrons. The maximum atomic E-state index is 14.2. The van der Waals surface area contributed by atoms with Gasteiger partial charge in [0.1, 0.15) is 15.7 Å². The number of nitrogens with zero attached hydrogens (tertiary/aromatic N) is 2. The molecule has 10 heteroatoms. The summed E-state index contributed by atoms with van der Waals surface area (Å²) in [4.78, 5) is 2.49. The standard InChI is InChI=1S/C30H34F3N3O3S/c1-2-20-34-40(38,24-18-16-23(17-19-24)39-30(31,32)33)35-25-10-7-13-28(29(25)37)36-26-11-5-3-8-21(26)14-15-22-9-4-6-12-27(22)36/h3-6,8-9,11-12,16-19,25,28-29,37H,2,7,10,13-15,20H2,1H3,(H,34,35,38)/t25-,28-,29-,40?/m0/s1. The minimum Gasteiger partial charge on any atom is -0.406 e. The lowest BCUT2D eigenvalue weighted by Gasteiger charge is -2.43. The molecular formula is C30H34F3N3O3S. The van der Waals surface area contributed by atoms with E-state index in [1.54, 1.807) is 0 Å². The van der Waals surface area contributed by atoms with Crippen molar-refractivity contribution in [1.29, 1.82) is 0 Å². The van der Waals surface area contributed by atoms with Crippen LogP contribution >= 0.6 is 0 Å². The Balaban J connectivity index is 1.46. The van der Waals surface area contributed by atoms with Crippen LogP contribution in [-0.2, 0) is 22.8 Å². The van der Waals surface area contributed by atoms with E-state index in [4.69, 9.17) is 0 Å². The summed E-state index contributed by atoms with van der Waals surface area (Å²) in [6.07, 6.45) is -1.13. The molecule has 1 heterocycles. The highest BCUT2D eigenvalue weighted by atomic mass is 32.2. The van der Waals surface area contributed by atoms with Crippen molar-refractivity contribution in [3.8, 4) is 5.75 Å². The molecule has 0 spiro atoms. The molecule has 0 saturated heterocycles. The molecule has 2 aliphatic rings. The predicted octanol–water partition coefficient (Wildman–Crippen LogP) is 6.55. The lowest BCUT2D eigenvalue weighted by atomic mass is 9.86. The van der Waals surface area contributed by atoms with Gasteiger partial charge < -0.3 is 14.7 Å². The van der Waals surface area contributed by atoms with E-state index in [-0.39, 0.29) is 10.9 Å². The number of ether oxygens (including phenoxy) is 1. The SMILES string of the molecule is CCCN=S(=O)(N[C@H]1CCC[C@H](N2c3ccccc3CCc3ccccc32)[C@H]1O)c1ccc(OC(F)(F)F)cc1. The highest BCUT2D eigenvalue weighted by Gasteiger charge is 2.39. The molecular weight excluding hydrogens is 539 g/mol. The van der Waals surface area contributed by atoms with Crippen molar-refractivity contribution in [1.82, 2.24) is 4.72 Å². The second-order valence-electron chi connectivity index (χ2n) is 10.2. The quantitative estimate of drug-likeness (QED) is 0.336. The minimum atomic E-state index is -4.82. The number of rotatable bonds is 7. The number of halogens is 3. The van der Waals surface area contributed by atoms with E-state index in [0.29, 0.717) is 19.4 Å². The van der Waals surface area contributed by atoms with Crippen molar-refractivity contribution >= 4 is 21.3 Å². The molecule has 40 heavy (non-hydrogen) atoms. The largest absolute Gasteiger partial charge is 0.573 e. The van der Waals surface area contributed by atoms with Gasteiger partial charge in [0, 0.05) is 24.0 Å². The third kappa shape index (κ3) is 6.14. The van der Waals surface area contributed by atoms with Crippen LogP contribution < -0.4 is 14.4 Å². The summed E-state index contributed by atoms with van der Waals surface area (Å²) < 4.78 is 63.8. The third-order valence-corrected chi connectivity index (χ3v) is 9.58. The van der Waals surface area contributed by atoms with Gasteiger partial charge in [-0.3, -0.25) is 0 Å². The van der Waals surface area contributed by atoms with Crippen LogP contribution in [0.5, 0.6) is 5.75 Å². The van der Waals surface area contributed by atoms with Crippen LogP contribution in [0.3, 0.4) is 0 Å². The van der Waals surface area contributed by atoms with Crippen LogP contribution in [0.2, 0.25) is 0 Å². The number of alkyl halides is 3. The fraction of sp³-hybridized carbons (Fsp3) is 0.400. The van der Waals surface area contributed by atoms with Gasteiger partial charge >= 0.3 is 6.36 Å². The van der Waals surface area contributed by atoms with Crippen molar-refractivity contribution in [2.24, 2.45) is 4.36 Å². The summed E-state index contributed by atoms with van der Waals surface area (Å²) in [6.45, 7) is 2.20. The predicted molar refractivity (Wildman–Crippen MR) is 150 cm³/mol. The summed E-state index contributed by atoms with van der Waals surface area (Å²) in [6, 6.07) is 20.6. The molecule has 0 aromatic heterocycles. The smallest absolute Gasteiger partial charge is 0.406 e. The first-order valence-corrected chi connectivity index (χ1v) is 15.2. The highest BCUT2D eigenvalue weighted by molar-refractivity contribution is 7.91. The molecule has 3 aromatic carbocycles. The molecule has 2 N–H and O–H groups in total. The molecule has 6 nitrogen and oxygen atoms in total. The van der Waals surface area contributed by atoms with Crippen LogP contribution in [0, 0.1) is 0 Å². The Morgan fingerprint density at radius 3 is 2.15 bits per heavy atom. The Labute approximate surface area is 233 Å². The number of benzene rings is 3. The molecule has 1 unspecified atom stereocenters. The lowest BCUT2D eigenvalue weighted by molar-refractivity contribution is -0.274. The first-order chi connectivity index (χ1) is 19.2. The zero-order valence-corrected chi connectivity index (χ0v) is 23.1. The maximum Gasteiger partial charge on any atom is 0.573 e. The first-order valence-electron chi connectivity index (χ1n) is 13.7. The number of fused-ring (bicyclic) bond motifs is 2. The van der Waals surface area contributed by atoms with Crippen molar-refractivity contribution in [3.63, 3.8) is 0 Å². The van der Waals surface area contributed by atoms with E-state index >= 15 is 0 Å². The summed E-state index contributed by atoms with van der Waals surface area (Å²) in [7, 11) is -3.25. The van der Waals surface area contributed by atoms with E-state index in [0.717, 1.165) is 49.2 Å². The molecule has 5 rings (SSSR count). The van der Waals surface area contributed by atoms with Gasteiger partial charge in [0.15, 0.2) is 0 Å². The van der Waals surface area contributed by atoms with Crippen LogP contribution in [0.4, 0.5) is 24.5 Å². The van der Waals surface area contributed by atoms with Gasteiger partial charge in [-0.05, 0) is 86.1 Å². The number of hydrogen-bond donors (Lipinski definition) is 2. The normalized spacial score (nSPS) is 22.4. The molecule has 0 bridgehead atoms. The van der Waals surface area contributed by atoms with Gasteiger partial charge in [0.05, 0.1) is 17.0 Å². The van der Waals surface area contributed by atoms with Crippen molar-refractivity contribution in [2.75, 3.05) is 11.4 Å². The second-order valence-corrected chi connectivity index (χ2v) is 12.3. The van der Waals surface area contributed by atoms with Crippen molar-refractivity contribution in [2.45, 2.75) is 74.9 Å². The molecule has 1 saturated carbocycles. The van der Waals surface area contributed by atoms with Gasteiger partial charge in [-0.2, -0.15) is 0 Å². The highest BCUT2D eigenvalue weighted by Crippen LogP contribution is 2.41. The third-order valence-electron chi connectivity index (χ3n) is 7.50. The molecule has 3 aromatic rings. The number of aryl methyl sites for hydroxylation is 2. The average molecular weight is 574 g/mol. The van der Waals surface area contributed by atoms with Gasteiger partial charge in [-0.25, -0.2) is 13.3 Å². The van der Waals surface area contributed by atoms with E-state index in [1.807, 2.05) is 31.2 Å². The molecule has 1 fully saturated rings. The Morgan fingerprint density at radius 1 is 0.975 bits per heavy atom. The topological polar surface area (TPSA) is 74.2 Å². The molecule has 0 radical (unpaired) electrons. The maximum absolute atomic E-state index is 14.2. The Kier molecular flexibility index (Phi) is 8.39. The molecule has 1 aliphatic carbocycles. The molecule has 1 aliphatic heterocycles. The number of hydrogen-bond acceptors (Lipinski definition) is 5. The lowest BCUT2D eigenvalue weighted by Crippen LogP contribution is -2.55.